The molecule has 1 fully saturated rings. The van der Waals surface area contributed by atoms with Crippen LogP contribution in [0.5, 0.6) is 0 Å². The summed E-state index contributed by atoms with van der Waals surface area (Å²) in [5.41, 5.74) is 0.231. The molecule has 1 saturated carbocycles. The molecule has 1 aromatic carbocycles. The third-order valence-electron chi connectivity index (χ3n) is 4.07. The minimum absolute atomic E-state index is 0.0267. The molecule has 2 rings (SSSR count). The molecule has 0 unspecified atom stereocenters. The lowest BCUT2D eigenvalue weighted by molar-refractivity contribution is -0.139. The van der Waals surface area contributed by atoms with Crippen molar-refractivity contribution in [3.8, 4) is 6.07 Å². The van der Waals surface area contributed by atoms with Crippen molar-refractivity contribution in [2.24, 2.45) is 5.92 Å². The number of ether oxygens (including phenoxy) is 1. The van der Waals surface area contributed by atoms with Gasteiger partial charge in [0.05, 0.1) is 12.5 Å². The molecule has 24 heavy (non-hydrogen) atoms. The zero-order valence-corrected chi connectivity index (χ0v) is 14.1. The first-order valence-electron chi connectivity index (χ1n) is 7.85. The van der Waals surface area contributed by atoms with Crippen molar-refractivity contribution in [1.29, 1.82) is 5.26 Å². The van der Waals surface area contributed by atoms with Crippen molar-refractivity contribution in [1.82, 2.24) is 0 Å². The lowest BCUT2D eigenvalue weighted by atomic mass is 9.57. The first-order valence-corrected chi connectivity index (χ1v) is 7.85. The Morgan fingerprint density at radius 2 is 2.08 bits per heavy atom. The molecule has 0 radical (unpaired) electrons. The Labute approximate surface area is 141 Å². The average molecular weight is 330 g/mol. The van der Waals surface area contributed by atoms with Gasteiger partial charge >= 0.3 is 12.1 Å². The van der Waals surface area contributed by atoms with Crippen molar-refractivity contribution in [2.75, 3.05) is 5.32 Å². The van der Waals surface area contributed by atoms with E-state index >= 15 is 0 Å². The summed E-state index contributed by atoms with van der Waals surface area (Å²) in [6.07, 6.45) is 0.453. The Kier molecular flexibility index (Phi) is 4.83. The number of hydrogen-bond donors (Lipinski definition) is 2. The van der Waals surface area contributed by atoms with Crippen molar-refractivity contribution in [3.05, 3.63) is 29.8 Å². The third-order valence-corrected chi connectivity index (χ3v) is 4.07. The van der Waals surface area contributed by atoms with E-state index < -0.39 is 23.1 Å². The van der Waals surface area contributed by atoms with Gasteiger partial charge in [-0.3, -0.25) is 10.1 Å². The molecular weight excluding hydrogens is 308 g/mol. The molecule has 0 spiro atoms. The van der Waals surface area contributed by atoms with E-state index in [-0.39, 0.29) is 12.3 Å². The van der Waals surface area contributed by atoms with E-state index in [4.69, 9.17) is 10.00 Å². The van der Waals surface area contributed by atoms with E-state index in [1.807, 2.05) is 6.07 Å². The van der Waals surface area contributed by atoms with Gasteiger partial charge in [-0.05, 0) is 51.3 Å². The van der Waals surface area contributed by atoms with E-state index in [1.54, 1.807) is 39.0 Å². The van der Waals surface area contributed by atoms with Crippen LogP contribution in [-0.4, -0.2) is 22.8 Å². The topological polar surface area (TPSA) is 99.4 Å². The van der Waals surface area contributed by atoms with Crippen LogP contribution in [0, 0.1) is 17.2 Å². The summed E-state index contributed by atoms with van der Waals surface area (Å²) in [6, 6.07) is 9.29. The monoisotopic (exact) mass is 330 g/mol. The summed E-state index contributed by atoms with van der Waals surface area (Å²) in [6.45, 7) is 5.34. The summed E-state index contributed by atoms with van der Waals surface area (Å²) < 4.78 is 5.22. The number of anilines is 1. The van der Waals surface area contributed by atoms with E-state index in [2.05, 4.69) is 11.4 Å². The zero-order valence-electron chi connectivity index (χ0n) is 14.1. The maximum absolute atomic E-state index is 11.9. The standard InChI is InChI=1S/C18H22N2O4/c1-17(2,3)24-16(23)20-14-6-4-5-13(7-14)18(10-15(21)22)8-12(9-18)11-19/h4-7,12H,8-10H2,1-3H3,(H,20,23)(H,21,22)/t12-,18-. The predicted octanol–water partition coefficient (Wildman–Crippen LogP) is 3.68. The van der Waals surface area contributed by atoms with Crippen LogP contribution in [0.15, 0.2) is 24.3 Å². The second-order valence-corrected chi connectivity index (χ2v) is 7.29. The van der Waals surface area contributed by atoms with Gasteiger partial charge in [0.2, 0.25) is 0 Å². The molecule has 1 amide bonds. The Morgan fingerprint density at radius 3 is 2.62 bits per heavy atom. The fourth-order valence-corrected chi connectivity index (χ4v) is 3.09. The molecule has 0 aliphatic heterocycles. The molecule has 0 heterocycles. The highest BCUT2D eigenvalue weighted by atomic mass is 16.6. The molecule has 1 aliphatic rings. The molecule has 0 saturated heterocycles. The predicted molar refractivity (Wildman–Crippen MR) is 88.6 cm³/mol. The van der Waals surface area contributed by atoms with Gasteiger partial charge < -0.3 is 9.84 Å². The summed E-state index contributed by atoms with van der Waals surface area (Å²) >= 11 is 0. The second-order valence-electron chi connectivity index (χ2n) is 7.29. The van der Waals surface area contributed by atoms with Crippen LogP contribution < -0.4 is 5.32 Å². The fraction of sp³-hybridized carbons (Fsp3) is 0.500. The number of carboxylic acid groups (broad SMARTS) is 1. The summed E-state index contributed by atoms with van der Waals surface area (Å²) in [4.78, 5) is 23.1. The van der Waals surface area contributed by atoms with Gasteiger partial charge in [-0.25, -0.2) is 4.79 Å². The zero-order chi connectivity index (χ0) is 18.0. The van der Waals surface area contributed by atoms with Crippen molar-refractivity contribution in [2.45, 2.75) is 51.0 Å². The molecule has 0 aromatic heterocycles. The van der Waals surface area contributed by atoms with Gasteiger partial charge in [0, 0.05) is 17.0 Å². The average Bonchev–Trinajstić information content (AvgIpc) is 2.40. The minimum Gasteiger partial charge on any atom is -0.481 e. The normalized spacial score (nSPS) is 22.8. The Bertz CT molecular complexity index is 679. The molecule has 2 N–H and O–H groups in total. The van der Waals surface area contributed by atoms with Crippen molar-refractivity contribution < 1.29 is 19.4 Å². The second kappa shape index (κ2) is 6.52. The van der Waals surface area contributed by atoms with Crippen LogP contribution >= 0.6 is 0 Å². The van der Waals surface area contributed by atoms with Gasteiger partial charge in [0.25, 0.3) is 0 Å². The smallest absolute Gasteiger partial charge is 0.412 e. The number of benzene rings is 1. The Balaban J connectivity index is 2.18. The number of nitrogens with zero attached hydrogens (tertiary/aromatic N) is 1. The molecule has 128 valence electrons. The SMILES string of the molecule is CC(C)(C)OC(=O)Nc1cccc([C@]2(CC(=O)O)C[C@@H](C#N)C2)c1. The highest BCUT2D eigenvalue weighted by Crippen LogP contribution is 2.50. The highest BCUT2D eigenvalue weighted by molar-refractivity contribution is 5.85. The fourth-order valence-electron chi connectivity index (χ4n) is 3.09. The quantitative estimate of drug-likeness (QED) is 0.877. The van der Waals surface area contributed by atoms with Crippen molar-refractivity contribution >= 4 is 17.7 Å². The van der Waals surface area contributed by atoms with E-state index in [9.17, 15) is 14.7 Å². The molecule has 6 nitrogen and oxygen atoms in total. The first-order chi connectivity index (χ1) is 11.1. The number of carbonyl (C=O) groups is 2. The van der Waals surface area contributed by atoms with Crippen LogP contribution in [0.3, 0.4) is 0 Å². The van der Waals surface area contributed by atoms with E-state index in [0.717, 1.165) is 5.56 Å². The number of rotatable bonds is 4. The van der Waals surface area contributed by atoms with Crippen LogP contribution in [0.4, 0.5) is 10.5 Å². The largest absolute Gasteiger partial charge is 0.481 e. The van der Waals surface area contributed by atoms with E-state index in [1.165, 1.54) is 0 Å². The van der Waals surface area contributed by atoms with Gasteiger partial charge in [0.1, 0.15) is 5.60 Å². The van der Waals surface area contributed by atoms with Crippen LogP contribution in [0.1, 0.15) is 45.6 Å². The van der Waals surface area contributed by atoms with E-state index in [0.29, 0.717) is 18.5 Å². The van der Waals surface area contributed by atoms with Gasteiger partial charge in [-0.2, -0.15) is 5.26 Å². The van der Waals surface area contributed by atoms with Gasteiger partial charge in [-0.1, -0.05) is 12.1 Å². The molecule has 0 bridgehead atoms. The molecular formula is C18H22N2O4. The molecule has 0 atom stereocenters. The number of hydrogen-bond acceptors (Lipinski definition) is 4. The summed E-state index contributed by atoms with van der Waals surface area (Å²) in [5, 5.41) is 20.9. The van der Waals surface area contributed by atoms with Crippen LogP contribution in [0.25, 0.3) is 0 Å². The molecule has 1 aliphatic carbocycles. The number of carboxylic acids is 1. The first kappa shape index (κ1) is 17.8. The third kappa shape index (κ3) is 4.25. The summed E-state index contributed by atoms with van der Waals surface area (Å²) in [7, 11) is 0. The number of amides is 1. The maximum atomic E-state index is 11.9. The minimum atomic E-state index is -0.892. The Morgan fingerprint density at radius 1 is 1.42 bits per heavy atom. The maximum Gasteiger partial charge on any atom is 0.412 e. The molecule has 1 aromatic rings. The number of carbonyl (C=O) groups excluding carboxylic acids is 1. The lowest BCUT2D eigenvalue weighted by Gasteiger charge is -2.44. The van der Waals surface area contributed by atoms with Crippen LogP contribution in [-0.2, 0) is 14.9 Å². The highest BCUT2D eigenvalue weighted by Gasteiger charge is 2.47. The number of nitrogens with one attached hydrogen (secondary N) is 1. The summed E-state index contributed by atoms with van der Waals surface area (Å²) in [5.74, 6) is -1.01. The molecule has 6 heteroatoms. The van der Waals surface area contributed by atoms with Crippen molar-refractivity contribution in [3.63, 3.8) is 0 Å². The number of nitriles is 1. The number of aliphatic carboxylic acids is 1. The lowest BCUT2D eigenvalue weighted by Crippen LogP contribution is -2.42. The van der Waals surface area contributed by atoms with Gasteiger partial charge in [0.15, 0.2) is 0 Å². The Hall–Kier alpha value is -2.55. The van der Waals surface area contributed by atoms with Gasteiger partial charge in [-0.15, -0.1) is 0 Å². The van der Waals surface area contributed by atoms with Crippen LogP contribution in [0.2, 0.25) is 0 Å².